The molecule has 114 valence electrons. The molecule has 1 saturated heterocycles. The number of hydrogen-bond acceptors (Lipinski definition) is 3. The monoisotopic (exact) mass is 299 g/mol. The van der Waals surface area contributed by atoms with E-state index in [2.05, 4.69) is 4.98 Å². The zero-order valence-corrected chi connectivity index (χ0v) is 13.3. The third kappa shape index (κ3) is 2.66. The Balaban J connectivity index is 1.82. The van der Waals surface area contributed by atoms with E-state index in [-0.39, 0.29) is 17.0 Å². The van der Waals surface area contributed by atoms with Crippen LogP contribution in [0.5, 0.6) is 0 Å². The number of benzene rings is 1. The Morgan fingerprint density at radius 2 is 1.41 bits per heavy atom. The maximum atomic E-state index is 13.0. The summed E-state index contributed by atoms with van der Waals surface area (Å²) in [5, 5.41) is 0. The van der Waals surface area contributed by atoms with Gasteiger partial charge in [0.05, 0.1) is 16.8 Å². The number of aromatic nitrogens is 1. The maximum Gasteiger partial charge on any atom is 0.514 e. The molecule has 0 spiro atoms. The first-order valence-electron chi connectivity index (χ1n) is 7.36. The summed E-state index contributed by atoms with van der Waals surface area (Å²) < 4.78 is 24.9. The van der Waals surface area contributed by atoms with Crippen molar-refractivity contribution in [1.82, 2.24) is 4.98 Å². The summed E-state index contributed by atoms with van der Waals surface area (Å²) in [5.41, 5.74) is 1.84. The zero-order chi connectivity index (χ0) is 16.0. The van der Waals surface area contributed by atoms with Crippen LogP contribution in [0, 0.1) is 5.82 Å². The van der Waals surface area contributed by atoms with Gasteiger partial charge in [0.2, 0.25) is 0 Å². The van der Waals surface area contributed by atoms with Gasteiger partial charge in [-0.05, 0) is 57.0 Å². The van der Waals surface area contributed by atoms with Gasteiger partial charge in [0.25, 0.3) is 0 Å². The zero-order valence-electron chi connectivity index (χ0n) is 13.3. The first-order chi connectivity index (χ1) is 10.3. The molecule has 1 fully saturated rings. The van der Waals surface area contributed by atoms with Gasteiger partial charge < -0.3 is 9.31 Å². The minimum Gasteiger partial charge on any atom is -0.398 e. The van der Waals surface area contributed by atoms with Crippen molar-refractivity contribution in [3.63, 3.8) is 0 Å². The summed E-state index contributed by atoms with van der Waals surface area (Å²) in [7, 11) is -0.465. The minimum atomic E-state index is -0.465. The van der Waals surface area contributed by atoms with Crippen molar-refractivity contribution in [3.8, 4) is 11.1 Å². The summed E-state index contributed by atoms with van der Waals surface area (Å²) in [4.78, 5) is 4.45. The van der Waals surface area contributed by atoms with Gasteiger partial charge in [-0.3, -0.25) is 4.98 Å². The lowest BCUT2D eigenvalue weighted by molar-refractivity contribution is 0.00578. The van der Waals surface area contributed by atoms with E-state index in [4.69, 9.17) is 9.31 Å². The van der Waals surface area contributed by atoms with Gasteiger partial charge >= 0.3 is 7.12 Å². The Hall–Kier alpha value is -1.72. The lowest BCUT2D eigenvalue weighted by Crippen LogP contribution is -2.41. The SMILES string of the molecule is CC1(C)OB(c2ccc(-c3ccc(F)cc3)cn2)OC1(C)C. The molecule has 1 aliphatic heterocycles. The van der Waals surface area contributed by atoms with Crippen molar-refractivity contribution in [1.29, 1.82) is 0 Å². The molecule has 0 amide bonds. The van der Waals surface area contributed by atoms with E-state index >= 15 is 0 Å². The summed E-state index contributed by atoms with van der Waals surface area (Å²) in [6, 6.07) is 10.2. The van der Waals surface area contributed by atoms with Crippen LogP contribution < -0.4 is 5.59 Å². The standard InChI is InChI=1S/C17H19BFNO2/c1-16(2)17(3,4)22-18(21-16)15-10-7-13(11-20-15)12-5-8-14(19)9-6-12/h5-11H,1-4H3. The second kappa shape index (κ2) is 5.18. The van der Waals surface area contributed by atoms with Crippen LogP contribution >= 0.6 is 0 Å². The van der Waals surface area contributed by atoms with E-state index in [0.717, 1.165) is 16.7 Å². The molecule has 0 aliphatic carbocycles. The summed E-state index contributed by atoms with van der Waals surface area (Å²) >= 11 is 0. The molecule has 0 saturated carbocycles. The molecule has 1 aromatic heterocycles. The summed E-state index contributed by atoms with van der Waals surface area (Å²) in [5.74, 6) is -0.245. The quantitative estimate of drug-likeness (QED) is 0.798. The second-order valence-corrected chi connectivity index (χ2v) is 6.57. The molecule has 1 aromatic carbocycles. The smallest absolute Gasteiger partial charge is 0.398 e. The highest BCUT2D eigenvalue weighted by atomic mass is 19.1. The van der Waals surface area contributed by atoms with Gasteiger partial charge in [-0.25, -0.2) is 4.39 Å². The Labute approximate surface area is 130 Å². The topological polar surface area (TPSA) is 31.4 Å². The van der Waals surface area contributed by atoms with Crippen LogP contribution in [0.4, 0.5) is 4.39 Å². The van der Waals surface area contributed by atoms with Crippen molar-refractivity contribution in [2.75, 3.05) is 0 Å². The van der Waals surface area contributed by atoms with Crippen LogP contribution in [0.2, 0.25) is 0 Å². The van der Waals surface area contributed by atoms with E-state index in [1.54, 1.807) is 18.3 Å². The minimum absolute atomic E-state index is 0.245. The highest BCUT2D eigenvalue weighted by molar-refractivity contribution is 6.61. The van der Waals surface area contributed by atoms with Crippen LogP contribution in [-0.2, 0) is 9.31 Å². The van der Waals surface area contributed by atoms with E-state index < -0.39 is 7.12 Å². The van der Waals surface area contributed by atoms with Crippen molar-refractivity contribution in [2.24, 2.45) is 0 Å². The third-order valence-electron chi connectivity index (χ3n) is 4.46. The molecule has 0 radical (unpaired) electrons. The number of pyridine rings is 1. The molecule has 2 heterocycles. The number of nitrogens with zero attached hydrogens (tertiary/aromatic N) is 1. The average molecular weight is 299 g/mol. The number of halogens is 1. The van der Waals surface area contributed by atoms with Gasteiger partial charge in [-0.2, -0.15) is 0 Å². The Morgan fingerprint density at radius 1 is 0.864 bits per heavy atom. The molecular formula is C17H19BFNO2. The molecule has 0 bridgehead atoms. The predicted octanol–water partition coefficient (Wildman–Crippen LogP) is 3.19. The maximum absolute atomic E-state index is 13.0. The molecule has 5 heteroatoms. The van der Waals surface area contributed by atoms with E-state index in [9.17, 15) is 4.39 Å². The Kier molecular flexibility index (Phi) is 3.58. The molecule has 2 aromatic rings. The van der Waals surface area contributed by atoms with Gasteiger partial charge in [0.15, 0.2) is 0 Å². The predicted molar refractivity (Wildman–Crippen MR) is 85.3 cm³/mol. The largest absolute Gasteiger partial charge is 0.514 e. The van der Waals surface area contributed by atoms with Gasteiger partial charge in [-0.1, -0.05) is 18.2 Å². The highest BCUT2D eigenvalue weighted by Crippen LogP contribution is 2.36. The van der Waals surface area contributed by atoms with E-state index in [1.165, 1.54) is 12.1 Å². The molecule has 1 aliphatic rings. The van der Waals surface area contributed by atoms with Crippen molar-refractivity contribution < 1.29 is 13.7 Å². The second-order valence-electron chi connectivity index (χ2n) is 6.57. The van der Waals surface area contributed by atoms with Crippen LogP contribution in [-0.4, -0.2) is 23.3 Å². The number of rotatable bonds is 2. The third-order valence-corrected chi connectivity index (χ3v) is 4.46. The normalized spacial score (nSPS) is 19.4. The Bertz CT molecular complexity index is 652. The summed E-state index contributed by atoms with van der Waals surface area (Å²) in [6.45, 7) is 8.06. The molecule has 0 N–H and O–H groups in total. The van der Waals surface area contributed by atoms with Gasteiger partial charge in [0, 0.05) is 6.20 Å². The fourth-order valence-corrected chi connectivity index (χ4v) is 2.32. The van der Waals surface area contributed by atoms with Crippen LogP contribution in [0.1, 0.15) is 27.7 Å². The van der Waals surface area contributed by atoms with Crippen LogP contribution in [0.3, 0.4) is 0 Å². The fourth-order valence-electron chi connectivity index (χ4n) is 2.32. The fraction of sp³-hybridized carbons (Fsp3) is 0.353. The van der Waals surface area contributed by atoms with Crippen molar-refractivity contribution in [3.05, 3.63) is 48.4 Å². The molecule has 0 atom stereocenters. The van der Waals surface area contributed by atoms with Gasteiger partial charge in [0.1, 0.15) is 5.82 Å². The van der Waals surface area contributed by atoms with Crippen molar-refractivity contribution >= 4 is 12.7 Å². The van der Waals surface area contributed by atoms with Gasteiger partial charge in [-0.15, -0.1) is 0 Å². The van der Waals surface area contributed by atoms with Crippen molar-refractivity contribution in [2.45, 2.75) is 38.9 Å². The molecule has 3 nitrogen and oxygen atoms in total. The first kappa shape index (κ1) is 15.2. The molecule has 3 rings (SSSR count). The number of hydrogen-bond donors (Lipinski definition) is 0. The lowest BCUT2D eigenvalue weighted by Gasteiger charge is -2.32. The highest BCUT2D eigenvalue weighted by Gasteiger charge is 2.52. The lowest BCUT2D eigenvalue weighted by atomic mass is 9.84. The molecular weight excluding hydrogens is 280 g/mol. The first-order valence-corrected chi connectivity index (χ1v) is 7.36. The van der Waals surface area contributed by atoms with Crippen LogP contribution in [0.15, 0.2) is 42.6 Å². The van der Waals surface area contributed by atoms with Crippen LogP contribution in [0.25, 0.3) is 11.1 Å². The van der Waals surface area contributed by atoms with E-state index in [1.807, 2.05) is 39.8 Å². The Morgan fingerprint density at radius 3 is 1.91 bits per heavy atom. The summed E-state index contributed by atoms with van der Waals surface area (Å²) in [6.07, 6.45) is 1.76. The molecule has 0 unspecified atom stereocenters. The molecule has 22 heavy (non-hydrogen) atoms. The average Bonchev–Trinajstić information content (AvgIpc) is 2.68. The van der Waals surface area contributed by atoms with E-state index in [0.29, 0.717) is 0 Å².